The average Bonchev–Trinajstić information content (AvgIpc) is 2.94. The lowest BCUT2D eigenvalue weighted by molar-refractivity contribution is -0.138. The highest BCUT2D eigenvalue weighted by molar-refractivity contribution is 5.92. The number of benzene rings is 1. The van der Waals surface area contributed by atoms with Gasteiger partial charge in [0.05, 0.1) is 11.9 Å². The van der Waals surface area contributed by atoms with E-state index in [-0.39, 0.29) is 29.6 Å². The predicted molar refractivity (Wildman–Crippen MR) is 84.5 cm³/mol. The molecule has 1 heterocycles. The van der Waals surface area contributed by atoms with Gasteiger partial charge in [-0.3, -0.25) is 4.79 Å². The molecule has 7 heteroatoms. The highest BCUT2D eigenvalue weighted by atomic mass is 19.4. The minimum atomic E-state index is -4.40. The second-order valence-electron chi connectivity index (χ2n) is 5.72. The van der Waals surface area contributed by atoms with Gasteiger partial charge < -0.3 is 9.47 Å². The van der Waals surface area contributed by atoms with Gasteiger partial charge in [0.15, 0.2) is 0 Å². The Labute approximate surface area is 138 Å². The van der Waals surface area contributed by atoms with Gasteiger partial charge in [-0.25, -0.2) is 4.98 Å². The summed E-state index contributed by atoms with van der Waals surface area (Å²) in [5.74, 6) is -0.282. The molecule has 1 atom stereocenters. The van der Waals surface area contributed by atoms with Gasteiger partial charge in [-0.1, -0.05) is 18.2 Å². The number of imidazole rings is 1. The Hall–Kier alpha value is -2.31. The second kappa shape index (κ2) is 7.07. The predicted octanol–water partition coefficient (Wildman–Crippen LogP) is 3.53. The maximum atomic E-state index is 13.1. The zero-order chi connectivity index (χ0) is 17.9. The molecule has 0 fully saturated rings. The van der Waals surface area contributed by atoms with Crippen LogP contribution in [0.2, 0.25) is 0 Å². The first kappa shape index (κ1) is 18.0. The van der Waals surface area contributed by atoms with Crippen LogP contribution in [-0.2, 0) is 19.6 Å². The fourth-order valence-corrected chi connectivity index (χ4v) is 2.73. The van der Waals surface area contributed by atoms with Crippen LogP contribution in [0.25, 0.3) is 0 Å². The minimum absolute atomic E-state index is 0.127. The van der Waals surface area contributed by atoms with Crippen LogP contribution in [0, 0.1) is 0 Å². The molecule has 0 saturated heterocycles. The summed E-state index contributed by atoms with van der Waals surface area (Å²) in [6, 6.07) is 5.09. The van der Waals surface area contributed by atoms with Crippen molar-refractivity contribution in [2.75, 3.05) is 6.54 Å². The summed E-state index contributed by atoms with van der Waals surface area (Å²) in [5.41, 5.74) is -0.182. The Bertz CT molecular complexity index is 709. The number of halogens is 3. The summed E-state index contributed by atoms with van der Waals surface area (Å²) >= 11 is 0. The highest BCUT2D eigenvalue weighted by Crippen LogP contribution is 2.32. The molecule has 0 aliphatic rings. The van der Waals surface area contributed by atoms with Crippen molar-refractivity contribution in [1.82, 2.24) is 14.5 Å². The van der Waals surface area contributed by atoms with E-state index in [2.05, 4.69) is 4.98 Å². The number of aryl methyl sites for hydroxylation is 1. The number of rotatable bonds is 5. The highest BCUT2D eigenvalue weighted by Gasteiger charge is 2.33. The van der Waals surface area contributed by atoms with E-state index in [9.17, 15) is 18.0 Å². The van der Waals surface area contributed by atoms with Crippen molar-refractivity contribution >= 4 is 5.91 Å². The molecule has 24 heavy (non-hydrogen) atoms. The fourth-order valence-electron chi connectivity index (χ4n) is 2.73. The normalized spacial score (nSPS) is 12.9. The van der Waals surface area contributed by atoms with E-state index in [0.717, 1.165) is 6.07 Å². The van der Waals surface area contributed by atoms with Gasteiger partial charge >= 0.3 is 6.18 Å². The number of alkyl halides is 3. The minimum Gasteiger partial charge on any atom is -0.340 e. The maximum absolute atomic E-state index is 13.1. The topological polar surface area (TPSA) is 38.1 Å². The molecule has 2 aromatic rings. The van der Waals surface area contributed by atoms with Gasteiger partial charge in [0.25, 0.3) is 5.91 Å². The molecule has 2 rings (SSSR count). The summed E-state index contributed by atoms with van der Waals surface area (Å²) in [6.07, 6.45) is -1.16. The molecule has 0 N–H and O–H groups in total. The summed E-state index contributed by atoms with van der Waals surface area (Å²) in [7, 11) is 1.75. The van der Waals surface area contributed by atoms with E-state index in [1.807, 2.05) is 0 Å². The van der Waals surface area contributed by atoms with Crippen LogP contribution >= 0.6 is 0 Å². The lowest BCUT2D eigenvalue weighted by atomic mass is 9.99. The number of nitrogens with zero attached hydrogens (tertiary/aromatic N) is 3. The molecule has 0 saturated carbocycles. The monoisotopic (exact) mass is 339 g/mol. The Balaban J connectivity index is 2.21. The molecule has 1 aromatic heterocycles. The number of carbonyl (C=O) groups is 1. The Morgan fingerprint density at radius 3 is 2.54 bits per heavy atom. The number of aromatic nitrogens is 2. The number of hydrogen-bond acceptors (Lipinski definition) is 2. The van der Waals surface area contributed by atoms with Gasteiger partial charge in [-0.15, -0.1) is 0 Å². The van der Waals surface area contributed by atoms with Crippen LogP contribution < -0.4 is 0 Å². The molecule has 1 amide bonds. The van der Waals surface area contributed by atoms with Crippen LogP contribution in [0.15, 0.2) is 36.8 Å². The van der Waals surface area contributed by atoms with Crippen molar-refractivity contribution in [3.63, 3.8) is 0 Å². The Kier molecular flexibility index (Phi) is 5.31. The molecule has 0 spiro atoms. The van der Waals surface area contributed by atoms with E-state index in [1.54, 1.807) is 37.7 Å². The quantitative estimate of drug-likeness (QED) is 0.836. The van der Waals surface area contributed by atoms with Gasteiger partial charge in [0.2, 0.25) is 0 Å². The smallest absolute Gasteiger partial charge is 0.340 e. The zero-order valence-electron chi connectivity index (χ0n) is 13.8. The largest absolute Gasteiger partial charge is 0.416 e. The third kappa shape index (κ3) is 3.96. The van der Waals surface area contributed by atoms with Gasteiger partial charge in [-0.2, -0.15) is 13.2 Å². The van der Waals surface area contributed by atoms with Crippen molar-refractivity contribution in [2.24, 2.45) is 7.05 Å². The van der Waals surface area contributed by atoms with Crippen LogP contribution in [0.3, 0.4) is 0 Å². The van der Waals surface area contributed by atoms with Crippen LogP contribution in [-0.4, -0.2) is 32.9 Å². The fraction of sp³-hybridized carbons (Fsp3) is 0.412. The molecule has 4 nitrogen and oxygen atoms in total. The summed E-state index contributed by atoms with van der Waals surface area (Å²) in [6.45, 7) is 3.94. The first-order chi connectivity index (χ1) is 11.2. The zero-order valence-corrected chi connectivity index (χ0v) is 13.8. The number of amides is 1. The van der Waals surface area contributed by atoms with E-state index < -0.39 is 11.7 Å². The maximum Gasteiger partial charge on any atom is 0.416 e. The van der Waals surface area contributed by atoms with Crippen molar-refractivity contribution in [2.45, 2.75) is 32.5 Å². The molecule has 0 radical (unpaired) electrons. The molecule has 0 unspecified atom stereocenters. The molecule has 0 aliphatic heterocycles. The third-order valence-electron chi connectivity index (χ3n) is 3.90. The van der Waals surface area contributed by atoms with Crippen molar-refractivity contribution in [1.29, 1.82) is 0 Å². The van der Waals surface area contributed by atoms with E-state index in [0.29, 0.717) is 6.54 Å². The molecular weight excluding hydrogens is 319 g/mol. The third-order valence-corrected chi connectivity index (χ3v) is 3.90. The van der Waals surface area contributed by atoms with E-state index >= 15 is 0 Å². The van der Waals surface area contributed by atoms with Crippen LogP contribution in [0.1, 0.15) is 35.5 Å². The number of likely N-dealkylation sites (N-methyl/N-ethyl adjacent to an activating group) is 1. The van der Waals surface area contributed by atoms with E-state index in [4.69, 9.17) is 0 Å². The number of hydrogen-bond donors (Lipinski definition) is 0. The molecular formula is C17H20F3N3O. The van der Waals surface area contributed by atoms with Gasteiger partial charge in [-0.05, 0) is 31.9 Å². The Morgan fingerprint density at radius 1 is 1.33 bits per heavy atom. The first-order valence-electron chi connectivity index (χ1n) is 7.68. The van der Waals surface area contributed by atoms with Gasteiger partial charge in [0, 0.05) is 25.8 Å². The second-order valence-corrected chi connectivity index (χ2v) is 5.72. The lowest BCUT2D eigenvalue weighted by Gasteiger charge is -2.28. The first-order valence-corrected chi connectivity index (χ1v) is 7.68. The van der Waals surface area contributed by atoms with Crippen LogP contribution in [0.4, 0.5) is 13.2 Å². The molecule has 130 valence electrons. The van der Waals surface area contributed by atoms with Crippen molar-refractivity contribution < 1.29 is 18.0 Å². The number of carbonyl (C=O) groups excluding carboxylic acids is 1. The summed E-state index contributed by atoms with van der Waals surface area (Å²) in [5, 5.41) is 0. The van der Waals surface area contributed by atoms with Crippen molar-refractivity contribution in [3.05, 3.63) is 53.6 Å². The lowest BCUT2D eigenvalue weighted by Crippen LogP contribution is -2.40. The Morgan fingerprint density at radius 2 is 2.00 bits per heavy atom. The average molecular weight is 339 g/mol. The van der Waals surface area contributed by atoms with Gasteiger partial charge in [0.1, 0.15) is 5.69 Å². The standard InChI is InChI=1S/C17H20F3N3O/c1-4-23(16(24)15-10-22(3)11-21-15)12(2)9-13-7-5-6-8-14(13)17(18,19)20/h5-8,10-12H,4,9H2,1-3H3/t12-/m0/s1. The SMILES string of the molecule is CCN(C(=O)c1cn(C)cn1)[C@@H](C)Cc1ccccc1C(F)(F)F. The summed E-state index contributed by atoms with van der Waals surface area (Å²) in [4.78, 5) is 18.1. The molecule has 0 aliphatic carbocycles. The molecule has 1 aromatic carbocycles. The molecule has 0 bridgehead atoms. The summed E-state index contributed by atoms with van der Waals surface area (Å²) < 4.78 is 41.0. The van der Waals surface area contributed by atoms with E-state index in [1.165, 1.54) is 23.4 Å². The van der Waals surface area contributed by atoms with Crippen LogP contribution in [0.5, 0.6) is 0 Å². The van der Waals surface area contributed by atoms with Crippen molar-refractivity contribution in [3.8, 4) is 0 Å².